The fourth-order valence-corrected chi connectivity index (χ4v) is 4.16. The van der Waals surface area contributed by atoms with E-state index in [1.54, 1.807) is 31.2 Å². The molecule has 3 aromatic rings. The first-order valence-electron chi connectivity index (χ1n) is 13.3. The van der Waals surface area contributed by atoms with Gasteiger partial charge in [0.05, 0.1) is 6.54 Å². The lowest BCUT2D eigenvalue weighted by Gasteiger charge is -2.32. The molecule has 3 N–H and O–H groups in total. The lowest BCUT2D eigenvalue weighted by molar-refractivity contribution is -0.149. The van der Waals surface area contributed by atoms with Gasteiger partial charge in [0.1, 0.15) is 18.1 Å². The third kappa shape index (κ3) is 8.17. The highest BCUT2D eigenvalue weighted by Crippen LogP contribution is 2.22. The molecule has 1 unspecified atom stereocenters. The van der Waals surface area contributed by atoms with E-state index in [9.17, 15) is 15.0 Å². The number of aromatic hydroxyl groups is 1. The van der Waals surface area contributed by atoms with Crippen molar-refractivity contribution in [1.29, 1.82) is 0 Å². The number of carbonyl (C=O) groups is 1. The number of ether oxygens (including phenoxy) is 2. The first-order valence-corrected chi connectivity index (χ1v) is 13.3. The van der Waals surface area contributed by atoms with Gasteiger partial charge in [-0.3, -0.25) is 0 Å². The number of rotatable bonds is 13. The van der Waals surface area contributed by atoms with Crippen molar-refractivity contribution in [2.24, 2.45) is 0 Å². The largest absolute Gasteiger partial charge is 0.508 e. The molecule has 12 heteroatoms. The third-order valence-electron chi connectivity index (χ3n) is 6.55. The topological polar surface area (TPSA) is 136 Å². The van der Waals surface area contributed by atoms with Crippen molar-refractivity contribution in [2.45, 2.75) is 19.4 Å². The second kappa shape index (κ2) is 13.8. The molecule has 2 aromatic carbocycles. The molecule has 2 heterocycles. The summed E-state index contributed by atoms with van der Waals surface area (Å²) in [6.45, 7) is 6.53. The van der Waals surface area contributed by atoms with Crippen LogP contribution in [-0.2, 0) is 16.0 Å². The van der Waals surface area contributed by atoms with Gasteiger partial charge in [0.2, 0.25) is 17.8 Å². The van der Waals surface area contributed by atoms with Crippen molar-refractivity contribution in [1.82, 2.24) is 19.9 Å². The summed E-state index contributed by atoms with van der Waals surface area (Å²) in [7, 11) is 4.00. The molecule has 0 amide bonds. The van der Waals surface area contributed by atoms with Crippen LogP contribution in [0.2, 0.25) is 0 Å². The summed E-state index contributed by atoms with van der Waals surface area (Å²) in [6.07, 6.45) is -0.572. The smallest absolute Gasteiger partial charge is 0.333 e. The Balaban J connectivity index is 1.40. The molecule has 1 aliphatic rings. The summed E-state index contributed by atoms with van der Waals surface area (Å²) < 4.78 is 11.2. The molecule has 1 atom stereocenters. The summed E-state index contributed by atoms with van der Waals surface area (Å²) in [5, 5.41) is 22.1. The number of benzene rings is 2. The lowest BCUT2D eigenvalue weighted by Crippen LogP contribution is -2.45. The molecule has 0 spiro atoms. The van der Waals surface area contributed by atoms with Crippen LogP contribution in [0.4, 0.5) is 23.5 Å². The molecule has 12 nitrogen and oxygen atoms in total. The van der Waals surface area contributed by atoms with Gasteiger partial charge in [0.15, 0.2) is 6.10 Å². The molecular formula is C28H37N7O5. The number of carboxylic acids is 1. The number of piperazine rings is 1. The highest BCUT2D eigenvalue weighted by atomic mass is 16.5. The number of aromatic nitrogens is 3. The number of phenols is 1. The number of hydrogen-bond donors (Lipinski definition) is 3. The number of phenolic OH excluding ortho intramolecular Hbond substituents is 1. The van der Waals surface area contributed by atoms with Crippen LogP contribution < -0.4 is 19.9 Å². The van der Waals surface area contributed by atoms with Crippen molar-refractivity contribution in [2.75, 3.05) is 75.1 Å². The van der Waals surface area contributed by atoms with Crippen molar-refractivity contribution in [3.63, 3.8) is 0 Å². The van der Waals surface area contributed by atoms with Crippen LogP contribution >= 0.6 is 0 Å². The molecule has 0 saturated carbocycles. The maximum absolute atomic E-state index is 11.3. The zero-order chi connectivity index (χ0) is 28.5. The highest BCUT2D eigenvalue weighted by molar-refractivity contribution is 5.72. The zero-order valence-electron chi connectivity index (χ0n) is 23.2. The van der Waals surface area contributed by atoms with Crippen LogP contribution in [0.3, 0.4) is 0 Å². The van der Waals surface area contributed by atoms with E-state index in [1.807, 2.05) is 36.2 Å². The summed E-state index contributed by atoms with van der Waals surface area (Å²) in [5.41, 5.74) is 1.62. The Kier molecular flexibility index (Phi) is 9.92. The number of likely N-dealkylation sites (N-methyl/N-ethyl adjacent to an activating group) is 2. The Hall–Kier alpha value is -4.16. The van der Waals surface area contributed by atoms with Gasteiger partial charge in [-0.25, -0.2) is 4.79 Å². The Morgan fingerprint density at radius 1 is 1.05 bits per heavy atom. The van der Waals surface area contributed by atoms with Gasteiger partial charge < -0.3 is 39.7 Å². The number of nitrogens with one attached hydrogen (secondary N) is 1. The first-order chi connectivity index (χ1) is 19.3. The lowest BCUT2D eigenvalue weighted by atomic mass is 10.1. The number of carboxylic acid groups (broad SMARTS) is 1. The normalized spacial score (nSPS) is 14.5. The quantitative estimate of drug-likeness (QED) is 0.269. The van der Waals surface area contributed by atoms with Crippen molar-refractivity contribution >= 4 is 29.5 Å². The summed E-state index contributed by atoms with van der Waals surface area (Å²) in [6, 6.07) is 14.1. The van der Waals surface area contributed by atoms with E-state index in [4.69, 9.17) is 14.5 Å². The Morgan fingerprint density at radius 2 is 1.75 bits per heavy atom. The van der Waals surface area contributed by atoms with E-state index >= 15 is 0 Å². The van der Waals surface area contributed by atoms with E-state index in [0.717, 1.165) is 37.4 Å². The van der Waals surface area contributed by atoms with Crippen molar-refractivity contribution in [3.8, 4) is 11.5 Å². The SMILES string of the molecule is CCOC(Cc1ccc(OCCN(C)c2nc(Nc3ccc(O)cc3)nc(N3CCN(C)CC3)n2)cc1)C(=O)O. The van der Waals surface area contributed by atoms with Crippen LogP contribution in [0.15, 0.2) is 48.5 Å². The Labute approximate surface area is 234 Å². The molecule has 1 saturated heterocycles. The minimum atomic E-state index is -0.972. The van der Waals surface area contributed by atoms with Crippen LogP contribution in [0.5, 0.6) is 11.5 Å². The van der Waals surface area contributed by atoms with Gasteiger partial charge >= 0.3 is 5.97 Å². The molecule has 214 valence electrons. The molecular weight excluding hydrogens is 514 g/mol. The molecule has 0 bridgehead atoms. The molecule has 4 rings (SSSR count). The first kappa shape index (κ1) is 28.8. The second-order valence-corrected chi connectivity index (χ2v) is 9.62. The zero-order valence-corrected chi connectivity index (χ0v) is 23.2. The van der Waals surface area contributed by atoms with Crippen LogP contribution in [-0.4, -0.2) is 102 Å². The fraction of sp³-hybridized carbons (Fsp3) is 0.429. The number of aliphatic carboxylic acids is 1. The van der Waals surface area contributed by atoms with Gasteiger partial charge in [-0.05, 0) is 55.9 Å². The molecule has 1 aromatic heterocycles. The van der Waals surface area contributed by atoms with Crippen LogP contribution in [0.25, 0.3) is 0 Å². The van der Waals surface area contributed by atoms with Gasteiger partial charge in [-0.2, -0.15) is 15.0 Å². The van der Waals surface area contributed by atoms with E-state index in [-0.39, 0.29) is 5.75 Å². The average Bonchev–Trinajstić information content (AvgIpc) is 2.95. The van der Waals surface area contributed by atoms with Gasteiger partial charge in [0.25, 0.3) is 0 Å². The van der Waals surface area contributed by atoms with Crippen LogP contribution in [0.1, 0.15) is 12.5 Å². The second-order valence-electron chi connectivity index (χ2n) is 9.62. The Morgan fingerprint density at radius 3 is 2.40 bits per heavy atom. The third-order valence-corrected chi connectivity index (χ3v) is 6.55. The van der Waals surface area contributed by atoms with Crippen molar-refractivity contribution in [3.05, 3.63) is 54.1 Å². The number of anilines is 4. The van der Waals surface area contributed by atoms with E-state index in [2.05, 4.69) is 32.1 Å². The molecule has 0 radical (unpaired) electrons. The predicted molar refractivity (Wildman–Crippen MR) is 153 cm³/mol. The highest BCUT2D eigenvalue weighted by Gasteiger charge is 2.20. The average molecular weight is 552 g/mol. The summed E-state index contributed by atoms with van der Waals surface area (Å²) in [4.78, 5) is 31.7. The Bertz CT molecular complexity index is 1230. The van der Waals surface area contributed by atoms with Gasteiger partial charge in [-0.15, -0.1) is 0 Å². The minimum absolute atomic E-state index is 0.185. The van der Waals surface area contributed by atoms with E-state index < -0.39 is 12.1 Å². The molecule has 1 fully saturated rings. The molecule has 0 aliphatic carbocycles. The van der Waals surface area contributed by atoms with E-state index in [1.165, 1.54) is 0 Å². The maximum atomic E-state index is 11.3. The standard InChI is InChI=1S/C28H37N7O5/c1-4-39-24(25(37)38)19-20-5-11-23(12-6-20)40-18-17-34(3)27-30-26(29-21-7-9-22(36)10-8-21)31-28(32-27)35-15-13-33(2)14-16-35/h5-12,24,36H,4,13-19H2,1-3H3,(H,37,38)(H,29,30,31,32). The number of hydrogen-bond acceptors (Lipinski definition) is 11. The fourth-order valence-electron chi connectivity index (χ4n) is 4.16. The molecule has 1 aliphatic heterocycles. The minimum Gasteiger partial charge on any atom is -0.508 e. The van der Waals surface area contributed by atoms with Crippen molar-refractivity contribution < 1.29 is 24.5 Å². The summed E-state index contributed by atoms with van der Waals surface area (Å²) in [5.74, 6) is 1.43. The summed E-state index contributed by atoms with van der Waals surface area (Å²) >= 11 is 0. The predicted octanol–water partition coefficient (Wildman–Crippen LogP) is 2.62. The van der Waals surface area contributed by atoms with E-state index in [0.29, 0.717) is 49.8 Å². The molecule has 40 heavy (non-hydrogen) atoms. The van der Waals surface area contributed by atoms with Gasteiger partial charge in [-0.1, -0.05) is 12.1 Å². The van der Waals surface area contributed by atoms with Crippen LogP contribution in [0, 0.1) is 0 Å². The monoisotopic (exact) mass is 551 g/mol. The number of nitrogens with zero attached hydrogens (tertiary/aromatic N) is 6. The maximum Gasteiger partial charge on any atom is 0.333 e. The van der Waals surface area contributed by atoms with Gasteiger partial charge in [0, 0.05) is 51.9 Å².